The van der Waals surface area contributed by atoms with E-state index in [0.717, 1.165) is 0 Å². The van der Waals surface area contributed by atoms with Crippen LogP contribution in [0.3, 0.4) is 0 Å². The molecule has 0 radical (unpaired) electrons. The minimum atomic E-state index is -1.20. The molecule has 218 valence electrons. The molecule has 1 aliphatic carbocycles. The zero-order valence-electron chi connectivity index (χ0n) is 23.0. The number of methoxy groups -OCH3 is 2. The molecule has 1 aromatic heterocycles. The van der Waals surface area contributed by atoms with E-state index in [1.165, 1.54) is 44.8 Å². The van der Waals surface area contributed by atoms with Gasteiger partial charge >= 0.3 is 0 Å². The zero-order chi connectivity index (χ0) is 30.1. The molecule has 2 aliphatic rings. The van der Waals surface area contributed by atoms with Gasteiger partial charge in [0.25, 0.3) is 5.91 Å². The van der Waals surface area contributed by atoms with Crippen molar-refractivity contribution in [2.45, 2.75) is 12.8 Å². The number of hydrogen-bond donors (Lipinski definition) is 4. The first-order valence-corrected chi connectivity index (χ1v) is 13.2. The number of aromatic nitrogens is 2. The molecule has 43 heavy (non-hydrogen) atoms. The smallest absolute Gasteiger partial charge is 0.258 e. The van der Waals surface area contributed by atoms with Crippen LogP contribution in [0.1, 0.15) is 23.2 Å². The van der Waals surface area contributed by atoms with Crippen LogP contribution in [-0.4, -0.2) is 41.9 Å². The summed E-state index contributed by atoms with van der Waals surface area (Å²) in [6.07, 6.45) is 2.09. The highest BCUT2D eigenvalue weighted by atomic mass is 19.1. The van der Waals surface area contributed by atoms with Crippen molar-refractivity contribution in [3.05, 3.63) is 78.4 Å². The monoisotopic (exact) mass is 584 g/mol. The first kappa shape index (κ1) is 27.4. The molecular formula is C30H25FN6O6. The summed E-state index contributed by atoms with van der Waals surface area (Å²) in [5.41, 5.74) is 0.651. The topological polar surface area (TPSA) is 153 Å². The van der Waals surface area contributed by atoms with Crippen molar-refractivity contribution in [1.82, 2.24) is 9.97 Å². The van der Waals surface area contributed by atoms with Crippen molar-refractivity contribution in [1.29, 1.82) is 0 Å². The quantitative estimate of drug-likeness (QED) is 0.207. The lowest BCUT2D eigenvalue weighted by atomic mass is 10.0. The fraction of sp³-hybridized carbons (Fsp3) is 0.167. The van der Waals surface area contributed by atoms with Gasteiger partial charge in [-0.3, -0.25) is 14.4 Å². The molecule has 1 fully saturated rings. The highest BCUT2D eigenvalue weighted by molar-refractivity contribution is 6.17. The van der Waals surface area contributed by atoms with Gasteiger partial charge in [0, 0.05) is 17.4 Å². The first-order chi connectivity index (χ1) is 20.8. The predicted molar refractivity (Wildman–Crippen MR) is 155 cm³/mol. The summed E-state index contributed by atoms with van der Waals surface area (Å²) < 4.78 is 29.8. The van der Waals surface area contributed by atoms with E-state index in [-0.39, 0.29) is 11.6 Å². The highest BCUT2D eigenvalue weighted by Gasteiger charge is 2.56. The number of benzene rings is 3. The molecule has 0 saturated heterocycles. The van der Waals surface area contributed by atoms with E-state index in [2.05, 4.69) is 31.2 Å². The molecule has 1 saturated carbocycles. The van der Waals surface area contributed by atoms with E-state index in [1.807, 2.05) is 0 Å². The van der Waals surface area contributed by atoms with Gasteiger partial charge in [-0.2, -0.15) is 4.98 Å². The van der Waals surface area contributed by atoms with Crippen LogP contribution in [0.5, 0.6) is 23.1 Å². The summed E-state index contributed by atoms with van der Waals surface area (Å²) >= 11 is 0. The van der Waals surface area contributed by atoms with Gasteiger partial charge in [-0.1, -0.05) is 0 Å². The van der Waals surface area contributed by atoms with Gasteiger partial charge in [-0.05, 0) is 67.4 Å². The molecule has 3 amide bonds. The Balaban J connectivity index is 1.15. The van der Waals surface area contributed by atoms with E-state index in [9.17, 15) is 18.8 Å². The van der Waals surface area contributed by atoms with Crippen molar-refractivity contribution in [3.8, 4) is 23.1 Å². The lowest BCUT2D eigenvalue weighted by Crippen LogP contribution is -2.35. The van der Waals surface area contributed by atoms with Gasteiger partial charge in [-0.25, -0.2) is 9.37 Å². The summed E-state index contributed by atoms with van der Waals surface area (Å²) in [7, 11) is 2.97. The van der Waals surface area contributed by atoms with Crippen molar-refractivity contribution in [2.24, 2.45) is 5.41 Å². The lowest BCUT2D eigenvalue weighted by molar-refractivity contribution is -0.131. The number of nitrogens with zero attached hydrogens (tertiary/aromatic N) is 2. The largest absolute Gasteiger partial charge is 0.493 e. The molecule has 1 aliphatic heterocycles. The SMILES string of the molecule is COc1cc2c(cc1OC)C(=O)Nc1c(ncnc1Oc1ccc(NC(=O)C3(C(=O)Nc4ccc(F)cc4)CC3)cc1)N2. The van der Waals surface area contributed by atoms with Crippen LogP contribution < -0.4 is 35.5 Å². The van der Waals surface area contributed by atoms with E-state index in [0.29, 0.717) is 58.5 Å². The van der Waals surface area contributed by atoms with Gasteiger partial charge in [-0.15, -0.1) is 0 Å². The van der Waals surface area contributed by atoms with Crippen molar-refractivity contribution < 1.29 is 33.0 Å². The molecule has 2 heterocycles. The number of halogens is 1. The molecule has 0 unspecified atom stereocenters. The molecule has 4 aromatic rings. The third kappa shape index (κ3) is 5.35. The zero-order valence-corrected chi connectivity index (χ0v) is 23.0. The van der Waals surface area contributed by atoms with Crippen molar-refractivity contribution in [2.75, 3.05) is 35.5 Å². The number of ether oxygens (including phenoxy) is 3. The van der Waals surface area contributed by atoms with Crippen molar-refractivity contribution in [3.63, 3.8) is 0 Å². The highest BCUT2D eigenvalue weighted by Crippen LogP contribution is 2.48. The van der Waals surface area contributed by atoms with Crippen LogP contribution in [0.4, 0.5) is 33.0 Å². The molecule has 3 aromatic carbocycles. The average molecular weight is 585 g/mol. The Morgan fingerprint density at radius 2 is 1.47 bits per heavy atom. The molecule has 12 nitrogen and oxygen atoms in total. The normalized spacial score (nSPS) is 14.1. The number of hydrogen-bond acceptors (Lipinski definition) is 9. The van der Waals surface area contributed by atoms with Crippen molar-refractivity contribution >= 4 is 46.3 Å². The molecular weight excluding hydrogens is 559 g/mol. The number of rotatable bonds is 8. The summed E-state index contributed by atoms with van der Waals surface area (Å²) in [4.78, 5) is 47.4. The van der Waals surface area contributed by atoms with E-state index in [1.54, 1.807) is 36.4 Å². The Kier molecular flexibility index (Phi) is 6.98. The van der Waals surface area contributed by atoms with Crippen LogP contribution >= 0.6 is 0 Å². The lowest BCUT2D eigenvalue weighted by Gasteiger charge is -2.16. The second-order valence-electron chi connectivity index (χ2n) is 9.86. The van der Waals surface area contributed by atoms with Gasteiger partial charge in [0.15, 0.2) is 17.3 Å². The number of nitrogens with one attached hydrogen (secondary N) is 4. The third-order valence-corrected chi connectivity index (χ3v) is 7.12. The minimum absolute atomic E-state index is 0.0868. The summed E-state index contributed by atoms with van der Waals surface area (Å²) in [6, 6.07) is 15.0. The molecule has 0 spiro atoms. The second kappa shape index (κ2) is 10.9. The fourth-order valence-electron chi connectivity index (χ4n) is 4.57. The standard InChI is InChI=1S/C30H25FN6O6/c1-41-22-13-20-21(14-23(22)42-2)36-25-24(37-26(20)38)27(33-15-32-25)43-19-9-7-18(8-10-19)35-29(40)30(11-12-30)28(39)34-17-5-3-16(31)4-6-17/h3-10,13-15H,11-12H2,1-2H3,(H,34,39)(H,35,40)(H,37,38)(H,32,33,36). The number of carbonyl (C=O) groups is 3. The Morgan fingerprint density at radius 3 is 2.07 bits per heavy atom. The maximum absolute atomic E-state index is 13.2. The molecule has 13 heteroatoms. The molecule has 0 atom stereocenters. The van der Waals surface area contributed by atoms with Crippen LogP contribution in [-0.2, 0) is 9.59 Å². The first-order valence-electron chi connectivity index (χ1n) is 13.2. The molecule has 0 bridgehead atoms. The van der Waals surface area contributed by atoms with Gasteiger partial charge in [0.1, 0.15) is 29.0 Å². The molecule has 6 rings (SSSR count). The second-order valence-corrected chi connectivity index (χ2v) is 9.86. The van der Waals surface area contributed by atoms with Gasteiger partial charge < -0.3 is 35.5 Å². The van der Waals surface area contributed by atoms with E-state index in [4.69, 9.17) is 14.2 Å². The van der Waals surface area contributed by atoms with Crippen LogP contribution in [0, 0.1) is 11.2 Å². The summed E-state index contributed by atoms with van der Waals surface area (Å²) in [6.45, 7) is 0. The molecule has 4 N–H and O–H groups in total. The average Bonchev–Trinajstić information content (AvgIpc) is 3.84. The number of fused-ring (bicyclic) bond motifs is 2. The Hall–Kier alpha value is -5.72. The Bertz CT molecular complexity index is 1740. The maximum Gasteiger partial charge on any atom is 0.258 e. The summed E-state index contributed by atoms with van der Waals surface area (Å²) in [5, 5.41) is 11.4. The minimum Gasteiger partial charge on any atom is -0.493 e. The van der Waals surface area contributed by atoms with Crippen LogP contribution in [0.15, 0.2) is 67.0 Å². The van der Waals surface area contributed by atoms with Crippen LogP contribution in [0.25, 0.3) is 0 Å². The van der Waals surface area contributed by atoms with E-state index < -0.39 is 29.0 Å². The summed E-state index contributed by atoms with van der Waals surface area (Å²) in [5.74, 6) is -0.159. The van der Waals surface area contributed by atoms with E-state index >= 15 is 0 Å². The number of anilines is 5. The maximum atomic E-state index is 13.2. The Labute approximate surface area is 244 Å². The predicted octanol–water partition coefficient (Wildman–Crippen LogP) is 5.09. The van der Waals surface area contributed by atoms with Crippen LogP contribution in [0.2, 0.25) is 0 Å². The van der Waals surface area contributed by atoms with Gasteiger partial charge in [0.2, 0.25) is 17.7 Å². The fourth-order valence-corrected chi connectivity index (χ4v) is 4.57. The third-order valence-electron chi connectivity index (χ3n) is 7.12. The Morgan fingerprint density at radius 1 is 0.860 bits per heavy atom. The number of carbonyl (C=O) groups excluding carboxylic acids is 3. The number of amides is 3. The van der Waals surface area contributed by atoms with Gasteiger partial charge in [0.05, 0.1) is 25.5 Å².